The lowest BCUT2D eigenvalue weighted by Gasteiger charge is -2.33. The van der Waals surface area contributed by atoms with Crippen molar-refractivity contribution in [2.75, 3.05) is 26.2 Å². The topological polar surface area (TPSA) is 58.4 Å². The zero-order chi connectivity index (χ0) is 19.3. The van der Waals surface area contributed by atoms with Crippen LogP contribution in [0.15, 0.2) is 47.3 Å². The average Bonchev–Trinajstić information content (AvgIpc) is 3.19. The molecule has 2 fully saturated rings. The Balaban J connectivity index is 1.46. The SMILES string of the molecule is O=C(Cn1nc(-c2ccccc2)ccc1=O)N1CCCC1CN1CCCCC1. The minimum Gasteiger partial charge on any atom is -0.337 e. The molecule has 0 N–H and O–H groups in total. The normalized spacial score (nSPS) is 20.4. The fourth-order valence-corrected chi connectivity index (χ4v) is 4.34. The fraction of sp³-hybridized carbons (Fsp3) is 0.500. The van der Waals surface area contributed by atoms with Gasteiger partial charge in [0.05, 0.1) is 5.69 Å². The van der Waals surface area contributed by atoms with Gasteiger partial charge < -0.3 is 9.80 Å². The zero-order valence-electron chi connectivity index (χ0n) is 16.3. The van der Waals surface area contributed by atoms with E-state index in [9.17, 15) is 9.59 Å². The van der Waals surface area contributed by atoms with Crippen molar-refractivity contribution in [1.82, 2.24) is 19.6 Å². The van der Waals surface area contributed by atoms with E-state index in [0.29, 0.717) is 5.69 Å². The maximum absolute atomic E-state index is 13.0. The van der Waals surface area contributed by atoms with E-state index in [2.05, 4.69) is 10.00 Å². The third-order valence-electron chi connectivity index (χ3n) is 5.84. The molecule has 4 rings (SSSR count). The highest BCUT2D eigenvalue weighted by Crippen LogP contribution is 2.21. The van der Waals surface area contributed by atoms with Gasteiger partial charge in [0, 0.05) is 30.8 Å². The summed E-state index contributed by atoms with van der Waals surface area (Å²) < 4.78 is 1.31. The van der Waals surface area contributed by atoms with Crippen LogP contribution in [0.25, 0.3) is 11.3 Å². The number of piperidine rings is 1. The lowest BCUT2D eigenvalue weighted by molar-refractivity contribution is -0.133. The number of carbonyl (C=O) groups is 1. The van der Waals surface area contributed by atoms with Crippen LogP contribution in [0.1, 0.15) is 32.1 Å². The molecule has 2 aliphatic heterocycles. The Bertz CT molecular complexity index is 858. The summed E-state index contributed by atoms with van der Waals surface area (Å²) in [7, 11) is 0. The van der Waals surface area contributed by atoms with Crippen molar-refractivity contribution in [1.29, 1.82) is 0 Å². The molecule has 2 aliphatic rings. The molecule has 3 heterocycles. The summed E-state index contributed by atoms with van der Waals surface area (Å²) in [6.45, 7) is 4.02. The first-order chi connectivity index (χ1) is 13.7. The van der Waals surface area contributed by atoms with E-state index in [1.807, 2.05) is 35.2 Å². The molecule has 148 valence electrons. The van der Waals surface area contributed by atoms with Crippen LogP contribution in [0.4, 0.5) is 0 Å². The van der Waals surface area contributed by atoms with Gasteiger partial charge in [-0.3, -0.25) is 9.59 Å². The molecule has 28 heavy (non-hydrogen) atoms. The van der Waals surface area contributed by atoms with Gasteiger partial charge in [0.2, 0.25) is 5.91 Å². The number of carbonyl (C=O) groups excluding carboxylic acids is 1. The number of amides is 1. The number of hydrogen-bond donors (Lipinski definition) is 0. The summed E-state index contributed by atoms with van der Waals surface area (Å²) in [6, 6.07) is 13.2. The van der Waals surface area contributed by atoms with Crippen molar-refractivity contribution in [3.05, 3.63) is 52.8 Å². The summed E-state index contributed by atoms with van der Waals surface area (Å²) >= 11 is 0. The average molecular weight is 380 g/mol. The lowest BCUT2D eigenvalue weighted by atomic mass is 10.1. The van der Waals surface area contributed by atoms with Crippen LogP contribution in [-0.4, -0.2) is 57.7 Å². The number of likely N-dealkylation sites (tertiary alicyclic amines) is 2. The second-order valence-corrected chi connectivity index (χ2v) is 7.82. The smallest absolute Gasteiger partial charge is 0.267 e. The van der Waals surface area contributed by atoms with Crippen molar-refractivity contribution in [2.24, 2.45) is 0 Å². The Morgan fingerprint density at radius 3 is 2.54 bits per heavy atom. The second-order valence-electron chi connectivity index (χ2n) is 7.82. The van der Waals surface area contributed by atoms with Crippen LogP contribution in [0, 0.1) is 0 Å². The Kier molecular flexibility index (Phi) is 5.86. The second kappa shape index (κ2) is 8.69. The van der Waals surface area contributed by atoms with Gasteiger partial charge in [-0.25, -0.2) is 4.68 Å². The third kappa shape index (κ3) is 4.33. The number of hydrogen-bond acceptors (Lipinski definition) is 4. The predicted molar refractivity (Wildman–Crippen MR) is 109 cm³/mol. The van der Waals surface area contributed by atoms with Gasteiger partial charge in [0.15, 0.2) is 0 Å². The molecule has 1 unspecified atom stereocenters. The molecule has 1 aromatic carbocycles. The van der Waals surface area contributed by atoms with E-state index >= 15 is 0 Å². The lowest BCUT2D eigenvalue weighted by Crippen LogP contribution is -2.46. The number of rotatable bonds is 5. The van der Waals surface area contributed by atoms with E-state index in [4.69, 9.17) is 0 Å². The number of benzene rings is 1. The van der Waals surface area contributed by atoms with Crippen LogP contribution in [0.5, 0.6) is 0 Å². The van der Waals surface area contributed by atoms with Crippen molar-refractivity contribution < 1.29 is 4.79 Å². The Hall–Kier alpha value is -2.47. The molecule has 0 spiro atoms. The van der Waals surface area contributed by atoms with E-state index in [1.54, 1.807) is 6.07 Å². The molecule has 1 atom stereocenters. The van der Waals surface area contributed by atoms with Gasteiger partial charge >= 0.3 is 0 Å². The third-order valence-corrected chi connectivity index (χ3v) is 5.84. The van der Waals surface area contributed by atoms with Crippen LogP contribution >= 0.6 is 0 Å². The summed E-state index contributed by atoms with van der Waals surface area (Å²) in [5.41, 5.74) is 1.41. The van der Waals surface area contributed by atoms with Crippen molar-refractivity contribution in [3.63, 3.8) is 0 Å². The van der Waals surface area contributed by atoms with Crippen LogP contribution in [0.3, 0.4) is 0 Å². The Morgan fingerprint density at radius 1 is 0.964 bits per heavy atom. The minimum atomic E-state index is -0.236. The van der Waals surface area contributed by atoms with Crippen molar-refractivity contribution in [2.45, 2.75) is 44.7 Å². The monoisotopic (exact) mass is 380 g/mol. The van der Waals surface area contributed by atoms with Crippen LogP contribution in [0.2, 0.25) is 0 Å². The molecular weight excluding hydrogens is 352 g/mol. The van der Waals surface area contributed by atoms with Crippen LogP contribution in [-0.2, 0) is 11.3 Å². The molecule has 6 nitrogen and oxygen atoms in total. The maximum atomic E-state index is 13.0. The number of aromatic nitrogens is 2. The highest BCUT2D eigenvalue weighted by atomic mass is 16.2. The molecule has 0 saturated carbocycles. The van der Waals surface area contributed by atoms with E-state index < -0.39 is 0 Å². The molecule has 0 bridgehead atoms. The summed E-state index contributed by atoms with van der Waals surface area (Å²) in [5.74, 6) is -0.000629. The first kappa shape index (κ1) is 18.9. The van der Waals surface area contributed by atoms with Crippen molar-refractivity contribution >= 4 is 5.91 Å². The van der Waals surface area contributed by atoms with E-state index in [1.165, 1.54) is 30.0 Å². The molecular formula is C22H28N4O2. The number of nitrogens with zero attached hydrogens (tertiary/aromatic N) is 4. The Labute approximate surface area is 165 Å². The molecule has 2 saturated heterocycles. The maximum Gasteiger partial charge on any atom is 0.267 e. The zero-order valence-corrected chi connectivity index (χ0v) is 16.3. The van der Waals surface area contributed by atoms with Gasteiger partial charge in [-0.1, -0.05) is 36.8 Å². The molecule has 1 amide bonds. The van der Waals surface area contributed by atoms with E-state index in [-0.39, 0.29) is 24.1 Å². The summed E-state index contributed by atoms with van der Waals surface area (Å²) in [4.78, 5) is 29.7. The van der Waals surface area contributed by atoms with Gasteiger partial charge in [-0.15, -0.1) is 0 Å². The fourth-order valence-electron chi connectivity index (χ4n) is 4.34. The largest absolute Gasteiger partial charge is 0.337 e. The molecule has 2 aromatic rings. The highest BCUT2D eigenvalue weighted by Gasteiger charge is 2.30. The standard InChI is InChI=1S/C22H28N4O2/c27-21-12-11-20(18-8-3-1-4-9-18)23-26(21)17-22(28)25-15-7-10-19(25)16-24-13-5-2-6-14-24/h1,3-4,8-9,11-12,19H,2,5-7,10,13-17H2. The van der Waals surface area contributed by atoms with Gasteiger partial charge in [-0.2, -0.15) is 5.10 Å². The first-order valence-electron chi connectivity index (χ1n) is 10.4. The Morgan fingerprint density at radius 2 is 1.75 bits per heavy atom. The summed E-state index contributed by atoms with van der Waals surface area (Å²) in [6.07, 6.45) is 5.92. The van der Waals surface area contributed by atoms with Gasteiger partial charge in [-0.05, 0) is 44.8 Å². The molecule has 6 heteroatoms. The van der Waals surface area contributed by atoms with Gasteiger partial charge in [0.1, 0.15) is 6.54 Å². The van der Waals surface area contributed by atoms with Gasteiger partial charge in [0.25, 0.3) is 5.56 Å². The molecule has 0 radical (unpaired) electrons. The minimum absolute atomic E-state index is 0.000629. The first-order valence-corrected chi connectivity index (χ1v) is 10.4. The quantitative estimate of drug-likeness (QED) is 0.799. The van der Waals surface area contributed by atoms with Crippen molar-refractivity contribution in [3.8, 4) is 11.3 Å². The predicted octanol–water partition coefficient (Wildman–Crippen LogP) is 2.39. The van der Waals surface area contributed by atoms with E-state index in [0.717, 1.165) is 44.6 Å². The summed E-state index contributed by atoms with van der Waals surface area (Å²) in [5, 5.41) is 4.44. The molecule has 1 aromatic heterocycles. The molecule has 0 aliphatic carbocycles. The van der Waals surface area contributed by atoms with Crippen LogP contribution < -0.4 is 5.56 Å². The highest BCUT2D eigenvalue weighted by molar-refractivity contribution is 5.76.